The zero-order valence-corrected chi connectivity index (χ0v) is 12.5. The van der Waals surface area contributed by atoms with Gasteiger partial charge in [0.25, 0.3) is 5.91 Å². The van der Waals surface area contributed by atoms with Gasteiger partial charge in [0.2, 0.25) is 0 Å². The molecule has 1 aromatic carbocycles. The van der Waals surface area contributed by atoms with Gasteiger partial charge in [0, 0.05) is 12.6 Å². The third kappa shape index (κ3) is 3.85. The smallest absolute Gasteiger partial charge is 0.253 e. The molecule has 1 saturated carbocycles. The van der Waals surface area contributed by atoms with E-state index < -0.39 is 6.10 Å². The van der Waals surface area contributed by atoms with Crippen molar-refractivity contribution in [1.29, 1.82) is 0 Å². The second-order valence-electron chi connectivity index (χ2n) is 5.46. The summed E-state index contributed by atoms with van der Waals surface area (Å²) >= 11 is 0. The van der Waals surface area contributed by atoms with Gasteiger partial charge in [-0.2, -0.15) is 0 Å². The third-order valence-corrected chi connectivity index (χ3v) is 3.98. The number of carbonyl (C=O) groups excluding carboxylic acids is 1. The zero-order valence-electron chi connectivity index (χ0n) is 12.5. The number of benzene rings is 1. The fraction of sp³-hybridized carbons (Fsp3) is 0.471. The van der Waals surface area contributed by atoms with Crippen molar-refractivity contribution in [2.24, 2.45) is 0 Å². The van der Waals surface area contributed by atoms with Gasteiger partial charge in [-0.15, -0.1) is 0 Å². The Morgan fingerprint density at radius 2 is 2.05 bits per heavy atom. The highest BCUT2D eigenvalue weighted by atomic mass is 16.5. The van der Waals surface area contributed by atoms with Crippen molar-refractivity contribution in [3.8, 4) is 5.75 Å². The summed E-state index contributed by atoms with van der Waals surface area (Å²) in [5.74, 6) is 0.656. The maximum atomic E-state index is 12.5. The molecule has 1 aromatic rings. The van der Waals surface area contributed by atoms with Gasteiger partial charge in [-0.1, -0.05) is 25.5 Å². The number of amides is 1. The second kappa shape index (κ2) is 7.27. The van der Waals surface area contributed by atoms with Crippen molar-refractivity contribution in [2.75, 3.05) is 13.7 Å². The van der Waals surface area contributed by atoms with Gasteiger partial charge >= 0.3 is 0 Å². The molecular weight excluding hydrogens is 266 g/mol. The molecule has 0 aromatic heterocycles. The molecule has 1 amide bonds. The molecule has 0 radical (unpaired) electrons. The molecule has 0 heterocycles. The maximum Gasteiger partial charge on any atom is 0.253 e. The predicted octanol–water partition coefficient (Wildman–Crippen LogP) is 2.63. The Balaban J connectivity index is 2.02. The van der Waals surface area contributed by atoms with Crippen LogP contribution in [0.4, 0.5) is 0 Å². The predicted molar refractivity (Wildman–Crippen MR) is 82.5 cm³/mol. The van der Waals surface area contributed by atoms with Crippen LogP contribution in [0.3, 0.4) is 0 Å². The van der Waals surface area contributed by atoms with Crippen LogP contribution in [0.2, 0.25) is 0 Å². The van der Waals surface area contributed by atoms with Crippen LogP contribution < -0.4 is 4.74 Å². The normalized spacial score (nSPS) is 21.6. The molecule has 21 heavy (non-hydrogen) atoms. The number of aliphatic hydroxyl groups excluding tert-OH is 1. The van der Waals surface area contributed by atoms with Crippen molar-refractivity contribution in [1.82, 2.24) is 4.90 Å². The molecule has 1 aliphatic rings. The first-order valence-electron chi connectivity index (χ1n) is 7.42. The standard InChI is InChI=1S/C17H23NO3/c1-3-12-21-14-10-8-13(9-11-14)17(20)18(2)15-6-4-5-7-16(15)19/h3,8-11,15-16,19H,1,4-7,12H2,2H3. The number of ether oxygens (including phenoxy) is 1. The van der Waals surface area contributed by atoms with Crippen molar-refractivity contribution < 1.29 is 14.6 Å². The Bertz CT molecular complexity index is 483. The van der Waals surface area contributed by atoms with Crippen LogP contribution in [-0.2, 0) is 0 Å². The SMILES string of the molecule is C=CCOc1ccc(C(=O)N(C)C2CCCCC2O)cc1. The van der Waals surface area contributed by atoms with Gasteiger partial charge in [0.1, 0.15) is 12.4 Å². The lowest BCUT2D eigenvalue weighted by atomic mass is 9.91. The van der Waals surface area contributed by atoms with Crippen LogP contribution in [0, 0.1) is 0 Å². The highest BCUT2D eigenvalue weighted by molar-refractivity contribution is 5.94. The summed E-state index contributed by atoms with van der Waals surface area (Å²) < 4.78 is 5.40. The van der Waals surface area contributed by atoms with E-state index in [1.54, 1.807) is 42.3 Å². The summed E-state index contributed by atoms with van der Waals surface area (Å²) in [4.78, 5) is 14.1. The topological polar surface area (TPSA) is 49.8 Å². The third-order valence-electron chi connectivity index (χ3n) is 3.98. The Morgan fingerprint density at radius 3 is 2.67 bits per heavy atom. The summed E-state index contributed by atoms with van der Waals surface area (Å²) in [6.07, 6.45) is 5.00. The molecule has 1 fully saturated rings. The van der Waals surface area contributed by atoms with E-state index >= 15 is 0 Å². The number of nitrogens with zero attached hydrogens (tertiary/aromatic N) is 1. The number of carbonyl (C=O) groups is 1. The Morgan fingerprint density at radius 1 is 1.38 bits per heavy atom. The van der Waals surface area contributed by atoms with E-state index in [1.165, 1.54) is 0 Å². The summed E-state index contributed by atoms with van der Waals surface area (Å²) in [6.45, 7) is 4.04. The lowest BCUT2D eigenvalue weighted by molar-refractivity contribution is 0.0268. The Labute approximate surface area is 126 Å². The lowest BCUT2D eigenvalue weighted by Crippen LogP contribution is -2.46. The van der Waals surface area contributed by atoms with Crippen molar-refractivity contribution in [3.05, 3.63) is 42.5 Å². The highest BCUT2D eigenvalue weighted by Crippen LogP contribution is 2.24. The molecule has 4 nitrogen and oxygen atoms in total. The minimum absolute atomic E-state index is 0.0591. The van der Waals surface area contributed by atoms with Gasteiger partial charge in [-0.25, -0.2) is 0 Å². The summed E-state index contributed by atoms with van der Waals surface area (Å²) in [6, 6.07) is 6.99. The number of rotatable bonds is 5. The average Bonchev–Trinajstić information content (AvgIpc) is 2.52. The van der Waals surface area contributed by atoms with Gasteiger partial charge in [-0.05, 0) is 37.1 Å². The van der Waals surface area contributed by atoms with E-state index in [2.05, 4.69) is 6.58 Å². The van der Waals surface area contributed by atoms with Gasteiger partial charge < -0.3 is 14.7 Å². The first-order valence-corrected chi connectivity index (χ1v) is 7.42. The molecule has 4 heteroatoms. The second-order valence-corrected chi connectivity index (χ2v) is 5.46. The first kappa shape index (κ1) is 15.6. The minimum Gasteiger partial charge on any atom is -0.490 e. The maximum absolute atomic E-state index is 12.5. The molecule has 0 saturated heterocycles. The fourth-order valence-corrected chi connectivity index (χ4v) is 2.75. The van der Waals surface area contributed by atoms with Crippen molar-refractivity contribution in [2.45, 2.75) is 37.8 Å². The fourth-order valence-electron chi connectivity index (χ4n) is 2.75. The van der Waals surface area contributed by atoms with E-state index in [0.717, 1.165) is 25.7 Å². The Hall–Kier alpha value is -1.81. The highest BCUT2D eigenvalue weighted by Gasteiger charge is 2.29. The van der Waals surface area contributed by atoms with E-state index in [9.17, 15) is 9.90 Å². The zero-order chi connectivity index (χ0) is 15.2. The monoisotopic (exact) mass is 289 g/mol. The first-order chi connectivity index (χ1) is 10.1. The summed E-state index contributed by atoms with van der Waals surface area (Å²) in [5, 5.41) is 10.1. The summed E-state index contributed by atoms with van der Waals surface area (Å²) in [5.41, 5.74) is 0.612. The number of aliphatic hydroxyl groups is 1. The van der Waals surface area contributed by atoms with Crippen LogP contribution >= 0.6 is 0 Å². The van der Waals surface area contributed by atoms with Gasteiger partial charge in [0.05, 0.1) is 12.1 Å². The molecule has 1 aliphatic carbocycles. The van der Waals surface area contributed by atoms with Crippen molar-refractivity contribution in [3.63, 3.8) is 0 Å². The van der Waals surface area contributed by atoms with E-state index in [-0.39, 0.29) is 11.9 Å². The molecular formula is C17H23NO3. The molecule has 114 valence electrons. The van der Waals surface area contributed by atoms with Crippen LogP contribution in [0.5, 0.6) is 5.75 Å². The molecule has 2 atom stereocenters. The lowest BCUT2D eigenvalue weighted by Gasteiger charge is -2.35. The number of hydrogen-bond acceptors (Lipinski definition) is 3. The van der Waals surface area contributed by atoms with Gasteiger partial charge in [0.15, 0.2) is 0 Å². The van der Waals surface area contributed by atoms with Crippen LogP contribution in [-0.4, -0.2) is 41.7 Å². The largest absolute Gasteiger partial charge is 0.490 e. The molecule has 2 unspecified atom stereocenters. The molecule has 0 aliphatic heterocycles. The molecule has 0 bridgehead atoms. The van der Waals surface area contributed by atoms with Crippen LogP contribution in [0.15, 0.2) is 36.9 Å². The number of hydrogen-bond donors (Lipinski definition) is 1. The van der Waals surface area contributed by atoms with E-state index in [1.807, 2.05) is 0 Å². The minimum atomic E-state index is -0.414. The molecule has 1 N–H and O–H groups in total. The van der Waals surface area contributed by atoms with Crippen LogP contribution in [0.25, 0.3) is 0 Å². The van der Waals surface area contributed by atoms with Gasteiger partial charge in [-0.3, -0.25) is 4.79 Å². The summed E-state index contributed by atoms with van der Waals surface area (Å²) in [7, 11) is 1.77. The quantitative estimate of drug-likeness (QED) is 0.848. The molecule has 0 spiro atoms. The van der Waals surface area contributed by atoms with Crippen LogP contribution in [0.1, 0.15) is 36.0 Å². The number of likely N-dealkylation sites (N-methyl/N-ethyl adjacent to an activating group) is 1. The Kier molecular flexibility index (Phi) is 5.39. The van der Waals surface area contributed by atoms with E-state index in [4.69, 9.17) is 4.74 Å². The molecule has 2 rings (SSSR count). The van der Waals surface area contributed by atoms with Crippen molar-refractivity contribution >= 4 is 5.91 Å². The van der Waals surface area contributed by atoms with E-state index in [0.29, 0.717) is 17.9 Å². The average molecular weight is 289 g/mol.